The van der Waals surface area contributed by atoms with Crippen LogP contribution in [-0.2, 0) is 6.54 Å². The summed E-state index contributed by atoms with van der Waals surface area (Å²) in [5.74, 6) is 0.681. The zero-order valence-electron chi connectivity index (χ0n) is 19.3. The van der Waals surface area contributed by atoms with Crippen LogP contribution in [0.2, 0.25) is 0 Å². The van der Waals surface area contributed by atoms with Crippen molar-refractivity contribution in [1.82, 2.24) is 29.0 Å². The lowest BCUT2D eigenvalue weighted by molar-refractivity contribution is 1.07. The Morgan fingerprint density at radius 3 is 2.42 bits per heavy atom. The highest BCUT2D eigenvalue weighted by atomic mass is 15.3. The van der Waals surface area contributed by atoms with E-state index in [0.717, 1.165) is 55.7 Å². The minimum Gasteiger partial charge on any atom is -0.326 e. The third-order valence-electron chi connectivity index (χ3n) is 6.54. The molecule has 36 heavy (non-hydrogen) atoms. The fourth-order valence-electron chi connectivity index (χ4n) is 4.67. The molecule has 0 unspecified atom stereocenters. The lowest BCUT2D eigenvalue weighted by atomic mass is 10.0. The molecule has 2 N–H and O–H groups in total. The predicted molar refractivity (Wildman–Crippen MR) is 141 cm³/mol. The first kappa shape index (κ1) is 20.5. The van der Waals surface area contributed by atoms with Gasteiger partial charge in [0.1, 0.15) is 11.3 Å². The van der Waals surface area contributed by atoms with Crippen LogP contribution in [0.4, 0.5) is 0 Å². The molecule has 0 amide bonds. The Morgan fingerprint density at radius 1 is 0.778 bits per heavy atom. The topological polar surface area (TPSA) is 86.4 Å². The predicted octanol–water partition coefficient (Wildman–Crippen LogP) is 5.38. The summed E-state index contributed by atoms with van der Waals surface area (Å²) in [7, 11) is 0. The van der Waals surface area contributed by atoms with Crippen LogP contribution in [0.25, 0.3) is 56.0 Å². The average Bonchev–Trinajstić information content (AvgIpc) is 3.57. The van der Waals surface area contributed by atoms with Gasteiger partial charge in [0.25, 0.3) is 0 Å². The second-order valence-corrected chi connectivity index (χ2v) is 8.74. The van der Waals surface area contributed by atoms with Gasteiger partial charge in [0, 0.05) is 47.8 Å². The van der Waals surface area contributed by atoms with E-state index in [0.29, 0.717) is 12.4 Å². The van der Waals surface area contributed by atoms with Gasteiger partial charge in [-0.05, 0) is 34.9 Å². The Kier molecular flexibility index (Phi) is 4.62. The molecule has 7 aromatic rings. The standard InChI is InChI=1S/C29H21N7/c30-15-19-9-11-21(12-10-19)24-17-36-28(23-14-22(16-31-27(23)24)20-6-2-1-3-7-20)33-34-29(36)25-18-35-13-5-4-8-26(35)32-25/h1-14,16-18H,15,30H2. The Labute approximate surface area is 206 Å². The number of rotatable bonds is 4. The molecule has 0 aliphatic heterocycles. The van der Waals surface area contributed by atoms with Crippen LogP contribution in [0.15, 0.2) is 104 Å². The first-order chi connectivity index (χ1) is 17.8. The number of fused-ring (bicyclic) bond motifs is 4. The van der Waals surface area contributed by atoms with Crippen LogP contribution in [-0.4, -0.2) is 29.0 Å². The minimum absolute atomic E-state index is 0.502. The largest absolute Gasteiger partial charge is 0.326 e. The molecule has 0 spiro atoms. The van der Waals surface area contributed by atoms with Crippen molar-refractivity contribution in [1.29, 1.82) is 0 Å². The SMILES string of the molecule is NCc1ccc(-c2cn3c(-c4cn5ccccc5n4)nnc3c3cc(-c4ccccc4)cnc23)cc1. The van der Waals surface area contributed by atoms with Gasteiger partial charge in [0.2, 0.25) is 0 Å². The van der Waals surface area contributed by atoms with E-state index >= 15 is 0 Å². The number of imidazole rings is 1. The van der Waals surface area contributed by atoms with Gasteiger partial charge in [0.05, 0.1) is 5.52 Å². The summed E-state index contributed by atoms with van der Waals surface area (Å²) in [6.45, 7) is 0.502. The molecule has 0 saturated carbocycles. The van der Waals surface area contributed by atoms with Crippen LogP contribution in [0.5, 0.6) is 0 Å². The van der Waals surface area contributed by atoms with Crippen molar-refractivity contribution in [2.24, 2.45) is 5.73 Å². The molecule has 0 radical (unpaired) electrons. The number of pyridine rings is 3. The molecule has 5 aromatic heterocycles. The molecule has 0 aliphatic carbocycles. The second kappa shape index (κ2) is 8.11. The Balaban J connectivity index is 1.52. The van der Waals surface area contributed by atoms with Crippen molar-refractivity contribution in [3.05, 3.63) is 109 Å². The van der Waals surface area contributed by atoms with Crippen LogP contribution >= 0.6 is 0 Å². The molecule has 7 rings (SSSR count). The van der Waals surface area contributed by atoms with E-state index in [1.54, 1.807) is 0 Å². The smallest absolute Gasteiger partial charge is 0.188 e. The summed E-state index contributed by atoms with van der Waals surface area (Å²) in [5, 5.41) is 10.1. The summed E-state index contributed by atoms with van der Waals surface area (Å²) in [5.41, 5.74) is 14.3. The maximum absolute atomic E-state index is 5.84. The maximum atomic E-state index is 5.84. The van der Waals surface area contributed by atoms with Crippen molar-refractivity contribution in [2.45, 2.75) is 6.54 Å². The molecule has 2 aromatic carbocycles. The summed E-state index contributed by atoms with van der Waals surface area (Å²) in [6, 6.07) is 26.6. The van der Waals surface area contributed by atoms with E-state index < -0.39 is 0 Å². The molecular formula is C29H21N7. The van der Waals surface area contributed by atoms with Crippen LogP contribution in [0.1, 0.15) is 5.56 Å². The summed E-state index contributed by atoms with van der Waals surface area (Å²) in [4.78, 5) is 9.70. The molecule has 5 heterocycles. The molecule has 7 nitrogen and oxygen atoms in total. The van der Waals surface area contributed by atoms with Gasteiger partial charge < -0.3 is 10.1 Å². The normalized spacial score (nSPS) is 11.6. The summed E-state index contributed by atoms with van der Waals surface area (Å²) in [6.07, 6.45) is 7.93. The molecule has 0 bridgehead atoms. The second-order valence-electron chi connectivity index (χ2n) is 8.74. The maximum Gasteiger partial charge on any atom is 0.188 e. The average molecular weight is 468 g/mol. The number of nitrogens with zero attached hydrogens (tertiary/aromatic N) is 6. The Morgan fingerprint density at radius 2 is 1.61 bits per heavy atom. The molecule has 0 saturated heterocycles. The molecule has 0 aliphatic rings. The van der Waals surface area contributed by atoms with E-state index in [-0.39, 0.29) is 0 Å². The number of benzene rings is 2. The van der Waals surface area contributed by atoms with Crippen molar-refractivity contribution >= 4 is 22.2 Å². The first-order valence-electron chi connectivity index (χ1n) is 11.7. The molecule has 172 valence electrons. The van der Waals surface area contributed by atoms with E-state index in [9.17, 15) is 0 Å². The minimum atomic E-state index is 0.502. The molecule has 7 heteroatoms. The molecule has 0 fully saturated rings. The van der Waals surface area contributed by atoms with Gasteiger partial charge in [-0.2, -0.15) is 0 Å². The van der Waals surface area contributed by atoms with Crippen LogP contribution in [0.3, 0.4) is 0 Å². The number of nitrogens with two attached hydrogens (primary N) is 1. The van der Waals surface area contributed by atoms with Gasteiger partial charge in [-0.3, -0.25) is 9.38 Å². The van der Waals surface area contributed by atoms with Gasteiger partial charge >= 0.3 is 0 Å². The lowest BCUT2D eigenvalue weighted by Gasteiger charge is -2.11. The first-order valence-corrected chi connectivity index (χ1v) is 11.7. The van der Waals surface area contributed by atoms with Crippen molar-refractivity contribution < 1.29 is 0 Å². The summed E-state index contributed by atoms with van der Waals surface area (Å²) < 4.78 is 4.01. The lowest BCUT2D eigenvalue weighted by Crippen LogP contribution is -1.97. The highest BCUT2D eigenvalue weighted by Crippen LogP contribution is 2.34. The van der Waals surface area contributed by atoms with E-state index in [1.807, 2.05) is 63.8 Å². The van der Waals surface area contributed by atoms with Crippen molar-refractivity contribution in [2.75, 3.05) is 0 Å². The zero-order valence-corrected chi connectivity index (χ0v) is 19.3. The fraction of sp³-hybridized carbons (Fsp3) is 0.0345. The number of hydrogen-bond acceptors (Lipinski definition) is 5. The third-order valence-corrected chi connectivity index (χ3v) is 6.54. The van der Waals surface area contributed by atoms with Gasteiger partial charge in [-0.15, -0.1) is 10.2 Å². The quantitative estimate of drug-likeness (QED) is 0.375. The third kappa shape index (κ3) is 3.25. The van der Waals surface area contributed by atoms with E-state index in [2.05, 4.69) is 58.9 Å². The van der Waals surface area contributed by atoms with Gasteiger partial charge in [0.15, 0.2) is 11.5 Å². The molecule has 0 atom stereocenters. The van der Waals surface area contributed by atoms with E-state index in [1.165, 1.54) is 0 Å². The van der Waals surface area contributed by atoms with E-state index in [4.69, 9.17) is 15.7 Å². The molecular weight excluding hydrogens is 446 g/mol. The van der Waals surface area contributed by atoms with Crippen LogP contribution in [0, 0.1) is 0 Å². The number of aromatic nitrogens is 6. The monoisotopic (exact) mass is 467 g/mol. The van der Waals surface area contributed by atoms with Crippen molar-refractivity contribution in [3.63, 3.8) is 0 Å². The van der Waals surface area contributed by atoms with Crippen molar-refractivity contribution in [3.8, 4) is 33.8 Å². The van der Waals surface area contributed by atoms with Gasteiger partial charge in [-0.25, -0.2) is 4.98 Å². The Bertz CT molecular complexity index is 1830. The fourth-order valence-corrected chi connectivity index (χ4v) is 4.67. The highest BCUT2D eigenvalue weighted by molar-refractivity contribution is 6.02. The van der Waals surface area contributed by atoms with Gasteiger partial charge in [-0.1, -0.05) is 60.7 Å². The summed E-state index contributed by atoms with van der Waals surface area (Å²) >= 11 is 0. The Hall–Kier alpha value is -4.88. The highest BCUT2D eigenvalue weighted by Gasteiger charge is 2.18. The number of hydrogen-bond donors (Lipinski definition) is 1. The van der Waals surface area contributed by atoms with Crippen LogP contribution < -0.4 is 5.73 Å². The zero-order chi connectivity index (χ0) is 24.1.